The van der Waals surface area contributed by atoms with Gasteiger partial charge in [-0.15, -0.1) is 0 Å². The van der Waals surface area contributed by atoms with Crippen LogP contribution < -0.4 is 4.74 Å². The summed E-state index contributed by atoms with van der Waals surface area (Å²) in [5.74, 6) is 0.542. The van der Waals surface area contributed by atoms with Crippen molar-refractivity contribution in [3.8, 4) is 5.75 Å². The van der Waals surface area contributed by atoms with Crippen molar-refractivity contribution in [3.63, 3.8) is 0 Å². The Labute approximate surface area is 137 Å². The van der Waals surface area contributed by atoms with Gasteiger partial charge in [0.15, 0.2) is 6.61 Å². The second kappa shape index (κ2) is 7.79. The fraction of sp³-hybridized carbons (Fsp3) is 0.611. The molecule has 0 radical (unpaired) electrons. The van der Waals surface area contributed by atoms with Gasteiger partial charge in [0.25, 0.3) is 5.91 Å². The minimum absolute atomic E-state index is 0.0317. The molecule has 1 heterocycles. The SMILES string of the molecule is CCC[C@]1(CO)CCN(C(=O)COc2cccc(C)c2)C[C@H]1O. The van der Waals surface area contributed by atoms with Crippen LogP contribution in [0.2, 0.25) is 0 Å². The molecule has 0 saturated carbocycles. The summed E-state index contributed by atoms with van der Waals surface area (Å²) >= 11 is 0. The Hall–Kier alpha value is -1.59. The van der Waals surface area contributed by atoms with E-state index in [1.807, 2.05) is 38.1 Å². The van der Waals surface area contributed by atoms with Crippen molar-refractivity contribution in [2.24, 2.45) is 5.41 Å². The molecule has 0 aliphatic carbocycles. The summed E-state index contributed by atoms with van der Waals surface area (Å²) in [7, 11) is 0. The van der Waals surface area contributed by atoms with Gasteiger partial charge >= 0.3 is 0 Å². The highest BCUT2D eigenvalue weighted by Crippen LogP contribution is 2.36. The number of benzene rings is 1. The zero-order chi connectivity index (χ0) is 16.9. The van der Waals surface area contributed by atoms with Gasteiger partial charge in [-0.2, -0.15) is 0 Å². The Morgan fingerprint density at radius 1 is 1.48 bits per heavy atom. The van der Waals surface area contributed by atoms with E-state index in [2.05, 4.69) is 0 Å². The molecule has 128 valence electrons. The molecule has 5 nitrogen and oxygen atoms in total. The van der Waals surface area contributed by atoms with E-state index in [4.69, 9.17) is 4.74 Å². The van der Waals surface area contributed by atoms with Gasteiger partial charge in [0, 0.05) is 18.5 Å². The molecule has 1 aromatic rings. The first-order valence-electron chi connectivity index (χ1n) is 8.27. The van der Waals surface area contributed by atoms with Crippen LogP contribution in [0.4, 0.5) is 0 Å². The first-order valence-corrected chi connectivity index (χ1v) is 8.27. The molecule has 0 bridgehead atoms. The van der Waals surface area contributed by atoms with Crippen molar-refractivity contribution in [1.29, 1.82) is 0 Å². The van der Waals surface area contributed by atoms with Gasteiger partial charge < -0.3 is 19.8 Å². The predicted octanol–water partition coefficient (Wildman–Crippen LogP) is 1.75. The number of aryl methyl sites for hydroxylation is 1. The second-order valence-corrected chi connectivity index (χ2v) is 6.48. The fourth-order valence-electron chi connectivity index (χ4n) is 3.24. The van der Waals surface area contributed by atoms with Crippen LogP contribution in [-0.2, 0) is 4.79 Å². The van der Waals surface area contributed by atoms with E-state index < -0.39 is 11.5 Å². The number of carbonyl (C=O) groups excluding carboxylic acids is 1. The maximum absolute atomic E-state index is 12.3. The van der Waals surface area contributed by atoms with Crippen molar-refractivity contribution in [2.45, 2.75) is 39.2 Å². The molecule has 1 amide bonds. The van der Waals surface area contributed by atoms with E-state index in [0.29, 0.717) is 18.7 Å². The molecule has 2 rings (SSSR count). The van der Waals surface area contributed by atoms with E-state index in [1.165, 1.54) is 0 Å². The van der Waals surface area contributed by atoms with Gasteiger partial charge in [0.2, 0.25) is 0 Å². The van der Waals surface area contributed by atoms with Gasteiger partial charge in [-0.25, -0.2) is 0 Å². The third-order valence-corrected chi connectivity index (χ3v) is 4.75. The lowest BCUT2D eigenvalue weighted by Crippen LogP contribution is -2.55. The number of nitrogens with zero attached hydrogens (tertiary/aromatic N) is 1. The van der Waals surface area contributed by atoms with Crippen LogP contribution in [0.5, 0.6) is 5.75 Å². The van der Waals surface area contributed by atoms with Crippen molar-refractivity contribution < 1.29 is 19.7 Å². The Kier molecular flexibility index (Phi) is 6.02. The molecule has 1 aliphatic rings. The first-order chi connectivity index (χ1) is 11.0. The summed E-state index contributed by atoms with van der Waals surface area (Å²) < 4.78 is 5.54. The number of piperidine rings is 1. The average molecular weight is 321 g/mol. The van der Waals surface area contributed by atoms with Crippen molar-refractivity contribution in [3.05, 3.63) is 29.8 Å². The van der Waals surface area contributed by atoms with E-state index in [0.717, 1.165) is 18.4 Å². The molecule has 0 unspecified atom stereocenters. The quantitative estimate of drug-likeness (QED) is 0.837. The number of carbonyl (C=O) groups is 1. The Bertz CT molecular complexity index is 534. The highest BCUT2D eigenvalue weighted by Gasteiger charge is 2.42. The third-order valence-electron chi connectivity index (χ3n) is 4.75. The van der Waals surface area contributed by atoms with Crippen LogP contribution in [0.1, 0.15) is 31.7 Å². The fourth-order valence-corrected chi connectivity index (χ4v) is 3.24. The molecule has 1 aliphatic heterocycles. The zero-order valence-corrected chi connectivity index (χ0v) is 14.0. The number of rotatable bonds is 6. The smallest absolute Gasteiger partial charge is 0.260 e. The molecule has 5 heteroatoms. The lowest BCUT2D eigenvalue weighted by atomic mass is 9.73. The Morgan fingerprint density at radius 3 is 2.87 bits per heavy atom. The summed E-state index contributed by atoms with van der Waals surface area (Å²) in [4.78, 5) is 13.9. The van der Waals surface area contributed by atoms with E-state index in [1.54, 1.807) is 4.90 Å². The number of amides is 1. The van der Waals surface area contributed by atoms with Crippen LogP contribution >= 0.6 is 0 Å². The molecule has 2 N–H and O–H groups in total. The summed E-state index contributed by atoms with van der Waals surface area (Å²) in [6.45, 7) is 4.75. The summed E-state index contributed by atoms with van der Waals surface area (Å²) in [5, 5.41) is 20.1. The van der Waals surface area contributed by atoms with E-state index in [-0.39, 0.29) is 25.7 Å². The zero-order valence-electron chi connectivity index (χ0n) is 14.0. The minimum Gasteiger partial charge on any atom is -0.484 e. The normalized spacial score (nSPS) is 24.5. The molecule has 1 saturated heterocycles. The minimum atomic E-state index is -0.691. The van der Waals surface area contributed by atoms with Gasteiger partial charge in [-0.1, -0.05) is 25.5 Å². The van der Waals surface area contributed by atoms with Crippen LogP contribution in [0.25, 0.3) is 0 Å². The van der Waals surface area contributed by atoms with Gasteiger partial charge in [0.1, 0.15) is 5.75 Å². The standard InChI is InChI=1S/C18H27NO4/c1-3-7-18(13-20)8-9-19(11-16(18)21)17(22)12-23-15-6-4-5-14(2)10-15/h4-6,10,16,20-21H,3,7-9,11-13H2,1-2H3/t16-,18-/m1/s1. The molecular formula is C18H27NO4. The highest BCUT2D eigenvalue weighted by molar-refractivity contribution is 5.78. The van der Waals surface area contributed by atoms with E-state index in [9.17, 15) is 15.0 Å². The highest BCUT2D eigenvalue weighted by atomic mass is 16.5. The predicted molar refractivity (Wildman–Crippen MR) is 88.3 cm³/mol. The molecule has 1 aromatic carbocycles. The topological polar surface area (TPSA) is 70.0 Å². The van der Waals surface area contributed by atoms with Crippen LogP contribution in [-0.4, -0.2) is 53.4 Å². The number of hydrogen-bond acceptors (Lipinski definition) is 4. The Balaban J connectivity index is 1.89. The van der Waals surface area contributed by atoms with Gasteiger partial charge in [-0.05, 0) is 37.5 Å². The van der Waals surface area contributed by atoms with Crippen molar-refractivity contribution in [1.82, 2.24) is 4.90 Å². The van der Waals surface area contributed by atoms with Crippen LogP contribution in [0.15, 0.2) is 24.3 Å². The second-order valence-electron chi connectivity index (χ2n) is 6.48. The van der Waals surface area contributed by atoms with Gasteiger partial charge in [-0.3, -0.25) is 4.79 Å². The molecule has 0 spiro atoms. The molecule has 2 atom stereocenters. The number of aliphatic hydroxyl groups excluding tert-OH is 2. The summed E-state index contributed by atoms with van der Waals surface area (Å²) in [6.07, 6.45) is 1.60. The molecular weight excluding hydrogens is 294 g/mol. The lowest BCUT2D eigenvalue weighted by molar-refractivity contribution is -0.144. The van der Waals surface area contributed by atoms with E-state index >= 15 is 0 Å². The Morgan fingerprint density at radius 2 is 2.26 bits per heavy atom. The van der Waals surface area contributed by atoms with Crippen molar-refractivity contribution >= 4 is 5.91 Å². The maximum Gasteiger partial charge on any atom is 0.260 e. The molecule has 23 heavy (non-hydrogen) atoms. The van der Waals surface area contributed by atoms with Crippen LogP contribution in [0.3, 0.4) is 0 Å². The number of aliphatic hydroxyl groups is 2. The number of hydrogen-bond donors (Lipinski definition) is 2. The molecule has 1 fully saturated rings. The number of likely N-dealkylation sites (tertiary alicyclic amines) is 1. The van der Waals surface area contributed by atoms with Gasteiger partial charge in [0.05, 0.1) is 12.7 Å². The number of β-amino-alcohol motifs (C(OH)–C–C–N with tert-alkyl or cyclic N) is 1. The largest absolute Gasteiger partial charge is 0.484 e. The summed E-state index contributed by atoms with van der Waals surface area (Å²) in [6, 6.07) is 7.57. The monoisotopic (exact) mass is 321 g/mol. The molecule has 0 aromatic heterocycles. The lowest BCUT2D eigenvalue weighted by Gasteiger charge is -2.44. The summed E-state index contributed by atoms with van der Waals surface area (Å²) in [5.41, 5.74) is 0.610. The number of ether oxygens (including phenoxy) is 1. The first kappa shape index (κ1) is 17.8. The maximum atomic E-state index is 12.3. The van der Waals surface area contributed by atoms with Crippen molar-refractivity contribution in [2.75, 3.05) is 26.3 Å². The average Bonchev–Trinajstić information content (AvgIpc) is 2.55. The third kappa shape index (κ3) is 4.24. The van der Waals surface area contributed by atoms with Crippen LogP contribution in [0, 0.1) is 12.3 Å².